The molecular formula is C20H28N4O. The largest absolute Gasteiger partial charge is 0.348 e. The fraction of sp³-hybridized carbons (Fsp3) is 0.500. The van der Waals surface area contributed by atoms with Crippen molar-refractivity contribution in [2.45, 2.75) is 46.2 Å². The Labute approximate surface area is 150 Å². The Morgan fingerprint density at radius 2 is 1.92 bits per heavy atom. The number of nitrogens with one attached hydrogen (secondary N) is 1. The first-order valence-corrected chi connectivity index (χ1v) is 9.02. The van der Waals surface area contributed by atoms with Gasteiger partial charge in [-0.15, -0.1) is 0 Å². The van der Waals surface area contributed by atoms with E-state index in [1.807, 2.05) is 20.0 Å². The number of rotatable bonds is 4. The van der Waals surface area contributed by atoms with Crippen LogP contribution in [0.3, 0.4) is 0 Å². The lowest BCUT2D eigenvalue weighted by molar-refractivity contribution is 0.0899. The third-order valence-electron chi connectivity index (χ3n) is 5.06. The predicted octanol–water partition coefficient (Wildman–Crippen LogP) is 2.74. The number of nitrogens with zero attached hydrogens (tertiary/aromatic N) is 3. The second kappa shape index (κ2) is 7.40. The van der Waals surface area contributed by atoms with E-state index in [1.54, 1.807) is 4.68 Å². The molecule has 1 fully saturated rings. The number of hydrogen-bond donors (Lipinski definition) is 1. The number of benzene rings is 1. The Bertz CT molecular complexity index is 757. The number of aromatic nitrogens is 2. The third kappa shape index (κ3) is 4.28. The molecule has 1 saturated heterocycles. The molecule has 25 heavy (non-hydrogen) atoms. The summed E-state index contributed by atoms with van der Waals surface area (Å²) in [5.74, 6) is -0.0175. The van der Waals surface area contributed by atoms with E-state index in [4.69, 9.17) is 0 Å². The lowest BCUT2D eigenvalue weighted by Gasteiger charge is -2.32. The van der Waals surface area contributed by atoms with Crippen LogP contribution in [0.15, 0.2) is 24.3 Å². The number of carbonyl (C=O) groups excluding carboxylic acids is 1. The molecule has 0 atom stereocenters. The van der Waals surface area contributed by atoms with Crippen molar-refractivity contribution in [1.29, 1.82) is 0 Å². The first-order chi connectivity index (χ1) is 11.9. The molecule has 1 amide bonds. The Hall–Kier alpha value is -2.14. The van der Waals surface area contributed by atoms with Gasteiger partial charge < -0.3 is 5.32 Å². The number of carbonyl (C=O) groups is 1. The van der Waals surface area contributed by atoms with Gasteiger partial charge in [0.15, 0.2) is 0 Å². The van der Waals surface area contributed by atoms with Gasteiger partial charge in [-0.3, -0.25) is 14.4 Å². The van der Waals surface area contributed by atoms with E-state index in [-0.39, 0.29) is 11.9 Å². The van der Waals surface area contributed by atoms with Gasteiger partial charge in [-0.25, -0.2) is 0 Å². The number of hydrogen-bond acceptors (Lipinski definition) is 3. The van der Waals surface area contributed by atoms with Crippen molar-refractivity contribution in [2.75, 3.05) is 13.1 Å². The average Bonchev–Trinajstić information content (AvgIpc) is 2.91. The monoisotopic (exact) mass is 340 g/mol. The van der Waals surface area contributed by atoms with Gasteiger partial charge in [0.05, 0.1) is 5.69 Å². The summed E-state index contributed by atoms with van der Waals surface area (Å²) in [6.07, 6.45) is 1.99. The number of likely N-dealkylation sites (tertiary alicyclic amines) is 1. The standard InChI is InChI=1S/C20H28N4O/c1-14-5-6-15(2)17(11-14)13-24-9-7-18(8-10-24)21-20(25)19-12-16(3)22-23(19)4/h5-6,11-12,18H,7-10,13H2,1-4H3,(H,21,25). The van der Waals surface area contributed by atoms with Gasteiger partial charge in [-0.2, -0.15) is 5.10 Å². The molecule has 5 heteroatoms. The third-order valence-corrected chi connectivity index (χ3v) is 5.06. The Balaban J connectivity index is 1.52. The average molecular weight is 340 g/mol. The highest BCUT2D eigenvalue weighted by Crippen LogP contribution is 2.18. The fourth-order valence-corrected chi connectivity index (χ4v) is 3.53. The van der Waals surface area contributed by atoms with Crippen LogP contribution in [0.1, 0.15) is 45.7 Å². The summed E-state index contributed by atoms with van der Waals surface area (Å²) >= 11 is 0. The van der Waals surface area contributed by atoms with Crippen LogP contribution in [-0.2, 0) is 13.6 Å². The Morgan fingerprint density at radius 3 is 2.56 bits per heavy atom. The van der Waals surface area contributed by atoms with Gasteiger partial charge in [0.25, 0.3) is 5.91 Å². The minimum absolute atomic E-state index is 0.0175. The van der Waals surface area contributed by atoms with Gasteiger partial charge in [0.2, 0.25) is 0 Å². The zero-order valence-corrected chi connectivity index (χ0v) is 15.7. The van der Waals surface area contributed by atoms with Crippen molar-refractivity contribution in [1.82, 2.24) is 20.0 Å². The highest BCUT2D eigenvalue weighted by molar-refractivity contribution is 5.92. The van der Waals surface area contributed by atoms with E-state index >= 15 is 0 Å². The topological polar surface area (TPSA) is 50.2 Å². The summed E-state index contributed by atoms with van der Waals surface area (Å²) in [7, 11) is 1.81. The second-order valence-electron chi connectivity index (χ2n) is 7.25. The zero-order chi connectivity index (χ0) is 18.0. The van der Waals surface area contributed by atoms with E-state index in [0.717, 1.165) is 38.2 Å². The van der Waals surface area contributed by atoms with E-state index in [2.05, 4.69) is 47.4 Å². The lowest BCUT2D eigenvalue weighted by atomic mass is 10.0. The van der Waals surface area contributed by atoms with Crippen molar-refractivity contribution < 1.29 is 4.79 Å². The van der Waals surface area contributed by atoms with Crippen LogP contribution in [0, 0.1) is 20.8 Å². The van der Waals surface area contributed by atoms with Gasteiger partial charge in [0.1, 0.15) is 5.69 Å². The molecule has 0 bridgehead atoms. The molecule has 2 aromatic rings. The molecule has 134 valence electrons. The van der Waals surface area contributed by atoms with E-state index in [1.165, 1.54) is 16.7 Å². The minimum Gasteiger partial charge on any atom is -0.348 e. The normalized spacial score (nSPS) is 16.2. The Kier molecular flexibility index (Phi) is 5.23. The molecule has 2 heterocycles. The molecule has 0 unspecified atom stereocenters. The molecule has 0 spiro atoms. The van der Waals surface area contributed by atoms with Crippen LogP contribution in [0.5, 0.6) is 0 Å². The van der Waals surface area contributed by atoms with Gasteiger partial charge >= 0.3 is 0 Å². The second-order valence-corrected chi connectivity index (χ2v) is 7.25. The maximum absolute atomic E-state index is 12.4. The molecule has 1 N–H and O–H groups in total. The van der Waals surface area contributed by atoms with Gasteiger partial charge in [0, 0.05) is 32.7 Å². The maximum atomic E-state index is 12.4. The number of piperidine rings is 1. The number of amides is 1. The predicted molar refractivity (Wildman–Crippen MR) is 99.6 cm³/mol. The molecule has 1 aliphatic rings. The van der Waals surface area contributed by atoms with Crippen molar-refractivity contribution >= 4 is 5.91 Å². The highest BCUT2D eigenvalue weighted by Gasteiger charge is 2.22. The SMILES string of the molecule is Cc1ccc(C)c(CN2CCC(NC(=O)c3cc(C)nn3C)CC2)c1. The summed E-state index contributed by atoms with van der Waals surface area (Å²) in [6, 6.07) is 8.74. The molecule has 3 rings (SSSR count). The van der Waals surface area contributed by atoms with Crippen LogP contribution in [-0.4, -0.2) is 39.7 Å². The molecule has 0 saturated carbocycles. The molecule has 5 nitrogen and oxygen atoms in total. The van der Waals surface area contributed by atoms with Crippen LogP contribution in [0.4, 0.5) is 0 Å². The minimum atomic E-state index is -0.0175. The molecule has 0 radical (unpaired) electrons. The molecule has 0 aliphatic carbocycles. The summed E-state index contributed by atoms with van der Waals surface area (Å²) in [6.45, 7) is 9.26. The van der Waals surface area contributed by atoms with Crippen molar-refractivity contribution in [3.63, 3.8) is 0 Å². The van der Waals surface area contributed by atoms with Crippen LogP contribution in [0.2, 0.25) is 0 Å². The maximum Gasteiger partial charge on any atom is 0.269 e. The summed E-state index contributed by atoms with van der Waals surface area (Å²) in [5.41, 5.74) is 5.58. The summed E-state index contributed by atoms with van der Waals surface area (Å²) in [4.78, 5) is 14.9. The lowest BCUT2D eigenvalue weighted by Crippen LogP contribution is -2.44. The molecule has 1 aliphatic heterocycles. The molecule has 1 aromatic heterocycles. The summed E-state index contributed by atoms with van der Waals surface area (Å²) < 4.78 is 1.65. The van der Waals surface area contributed by atoms with Gasteiger partial charge in [-0.1, -0.05) is 23.8 Å². The van der Waals surface area contributed by atoms with E-state index in [0.29, 0.717) is 5.69 Å². The van der Waals surface area contributed by atoms with E-state index < -0.39 is 0 Å². The fourth-order valence-electron chi connectivity index (χ4n) is 3.53. The van der Waals surface area contributed by atoms with Gasteiger partial charge in [-0.05, 0) is 50.8 Å². The smallest absolute Gasteiger partial charge is 0.269 e. The number of aryl methyl sites for hydroxylation is 4. The van der Waals surface area contributed by atoms with Crippen LogP contribution < -0.4 is 5.32 Å². The highest BCUT2D eigenvalue weighted by atomic mass is 16.2. The van der Waals surface area contributed by atoms with Crippen LogP contribution >= 0.6 is 0 Å². The first kappa shape index (κ1) is 17.7. The van der Waals surface area contributed by atoms with Crippen molar-refractivity contribution in [2.24, 2.45) is 7.05 Å². The van der Waals surface area contributed by atoms with Crippen LogP contribution in [0.25, 0.3) is 0 Å². The van der Waals surface area contributed by atoms with Crippen molar-refractivity contribution in [3.8, 4) is 0 Å². The zero-order valence-electron chi connectivity index (χ0n) is 15.7. The quantitative estimate of drug-likeness (QED) is 0.931. The Morgan fingerprint density at radius 1 is 1.20 bits per heavy atom. The first-order valence-electron chi connectivity index (χ1n) is 9.02. The van der Waals surface area contributed by atoms with Crippen molar-refractivity contribution in [3.05, 3.63) is 52.3 Å². The molecule has 1 aromatic carbocycles. The van der Waals surface area contributed by atoms with E-state index in [9.17, 15) is 4.79 Å². The molecular weight excluding hydrogens is 312 g/mol. The summed E-state index contributed by atoms with van der Waals surface area (Å²) in [5, 5.41) is 7.41.